The first-order valence-corrected chi connectivity index (χ1v) is 9.05. The molecule has 2 aliphatic rings. The van der Waals surface area contributed by atoms with E-state index in [0.29, 0.717) is 31.8 Å². The maximum atomic E-state index is 11.2. The highest BCUT2D eigenvalue weighted by Crippen LogP contribution is 2.30. The molecule has 10 heteroatoms. The Morgan fingerprint density at radius 1 is 1.29 bits per heavy atom. The fraction of sp³-hybridized carbons (Fsp3) is 0.500. The normalized spacial score (nSPS) is 23.1. The molecule has 0 aliphatic carbocycles. The lowest BCUT2D eigenvalue weighted by Crippen LogP contribution is -2.35. The third kappa shape index (κ3) is 4.63. The molecule has 3 rings (SSSR count). The number of benzene rings is 1. The summed E-state index contributed by atoms with van der Waals surface area (Å²) in [6, 6.07) is 6.35. The zero-order valence-electron chi connectivity index (χ0n) is 15.9. The number of para-hydroxylation sites is 1. The Hall–Kier alpha value is -3.01. The number of ether oxygens (including phenoxy) is 1. The fourth-order valence-corrected chi connectivity index (χ4v) is 3.67. The Bertz CT molecular complexity index is 822. The molecule has 2 saturated heterocycles. The summed E-state index contributed by atoms with van der Waals surface area (Å²) in [5.41, 5.74) is 0.224. The van der Waals surface area contributed by atoms with Crippen LogP contribution in [0.1, 0.15) is 25.8 Å². The minimum absolute atomic E-state index is 0.0205. The van der Waals surface area contributed by atoms with Crippen molar-refractivity contribution in [3.63, 3.8) is 0 Å². The molecule has 10 nitrogen and oxygen atoms in total. The van der Waals surface area contributed by atoms with E-state index >= 15 is 0 Å². The minimum Gasteiger partial charge on any atom is -0.375 e. The van der Waals surface area contributed by atoms with Gasteiger partial charge in [0, 0.05) is 37.8 Å². The second-order valence-electron chi connectivity index (χ2n) is 7.55. The third-order valence-electron chi connectivity index (χ3n) is 4.86. The van der Waals surface area contributed by atoms with Gasteiger partial charge in [0.2, 0.25) is 0 Å². The number of rotatable bonds is 6. The molecule has 0 spiro atoms. The summed E-state index contributed by atoms with van der Waals surface area (Å²) in [5.74, 6) is 0.510. The van der Waals surface area contributed by atoms with Crippen LogP contribution in [0.15, 0.2) is 35.6 Å². The molecular formula is C18H23N5O5. The van der Waals surface area contributed by atoms with Crippen LogP contribution >= 0.6 is 0 Å². The van der Waals surface area contributed by atoms with Crippen LogP contribution in [-0.4, -0.2) is 57.6 Å². The summed E-state index contributed by atoms with van der Waals surface area (Å²) in [4.78, 5) is 25.3. The average Bonchev–Trinajstić information content (AvgIpc) is 3.16. The van der Waals surface area contributed by atoms with E-state index in [4.69, 9.17) is 4.74 Å². The van der Waals surface area contributed by atoms with Crippen molar-refractivity contribution in [2.24, 2.45) is 11.0 Å². The van der Waals surface area contributed by atoms with Gasteiger partial charge in [-0.15, -0.1) is 0 Å². The van der Waals surface area contributed by atoms with E-state index in [1.165, 1.54) is 6.07 Å². The molecule has 1 unspecified atom stereocenters. The van der Waals surface area contributed by atoms with Crippen LogP contribution in [-0.2, 0) is 4.74 Å². The second-order valence-corrected chi connectivity index (χ2v) is 7.55. The Balaban J connectivity index is 1.76. The summed E-state index contributed by atoms with van der Waals surface area (Å²) >= 11 is 0. The predicted octanol–water partition coefficient (Wildman–Crippen LogP) is 2.55. The molecule has 1 atom stereocenters. The van der Waals surface area contributed by atoms with E-state index in [-0.39, 0.29) is 23.2 Å². The SMILES string of the molecule is CC1(C)CC(CN2CCN(C=Cc3ccccc3[N+](=O)[O-])C2=N[N+](=O)[O-])CO1. The topological polar surface area (TPSA) is 114 Å². The van der Waals surface area contributed by atoms with Gasteiger partial charge >= 0.3 is 0 Å². The van der Waals surface area contributed by atoms with Crippen molar-refractivity contribution >= 4 is 17.7 Å². The third-order valence-corrected chi connectivity index (χ3v) is 4.86. The zero-order valence-corrected chi connectivity index (χ0v) is 15.9. The molecule has 0 bridgehead atoms. The number of guanidine groups is 1. The molecule has 1 aromatic carbocycles. The minimum atomic E-state index is -0.714. The molecular weight excluding hydrogens is 366 g/mol. The largest absolute Gasteiger partial charge is 0.375 e. The van der Waals surface area contributed by atoms with Crippen molar-refractivity contribution < 1.29 is 14.7 Å². The smallest absolute Gasteiger partial charge is 0.278 e. The highest BCUT2D eigenvalue weighted by molar-refractivity contribution is 5.83. The molecule has 0 radical (unpaired) electrons. The predicted molar refractivity (Wildman–Crippen MR) is 103 cm³/mol. The number of nitro benzene ring substituents is 1. The Kier molecular flexibility index (Phi) is 5.59. The molecule has 0 N–H and O–H groups in total. The first-order valence-electron chi connectivity index (χ1n) is 9.05. The van der Waals surface area contributed by atoms with Gasteiger partial charge in [-0.05, 0) is 32.4 Å². The van der Waals surface area contributed by atoms with Gasteiger partial charge in [0.25, 0.3) is 11.6 Å². The number of hydrogen-bond donors (Lipinski definition) is 0. The average molecular weight is 389 g/mol. The van der Waals surface area contributed by atoms with Gasteiger partial charge in [-0.3, -0.25) is 10.1 Å². The Morgan fingerprint density at radius 3 is 2.68 bits per heavy atom. The summed E-state index contributed by atoms with van der Waals surface area (Å²) in [5, 5.41) is 25.0. The van der Waals surface area contributed by atoms with E-state index in [9.17, 15) is 20.2 Å². The number of nitrogens with zero attached hydrogens (tertiary/aromatic N) is 5. The van der Waals surface area contributed by atoms with Crippen molar-refractivity contribution in [3.05, 3.63) is 56.3 Å². The first kappa shape index (κ1) is 19.7. The van der Waals surface area contributed by atoms with E-state index in [0.717, 1.165) is 6.42 Å². The van der Waals surface area contributed by atoms with E-state index in [1.54, 1.807) is 35.4 Å². The second kappa shape index (κ2) is 7.93. The van der Waals surface area contributed by atoms with Crippen LogP contribution in [0.5, 0.6) is 0 Å². The molecule has 1 aromatic rings. The van der Waals surface area contributed by atoms with Crippen molar-refractivity contribution in [2.45, 2.75) is 25.9 Å². The molecule has 28 heavy (non-hydrogen) atoms. The van der Waals surface area contributed by atoms with Gasteiger partial charge in [-0.2, -0.15) is 0 Å². The monoisotopic (exact) mass is 389 g/mol. The van der Waals surface area contributed by atoms with Gasteiger partial charge in [0.15, 0.2) is 5.03 Å². The lowest BCUT2D eigenvalue weighted by molar-refractivity contribution is -0.486. The quantitative estimate of drug-likeness (QED) is 0.542. The van der Waals surface area contributed by atoms with Crippen LogP contribution in [0.3, 0.4) is 0 Å². The number of nitro groups is 2. The lowest BCUT2D eigenvalue weighted by atomic mass is 9.97. The summed E-state index contributed by atoms with van der Waals surface area (Å²) in [6.07, 6.45) is 4.07. The molecule has 0 amide bonds. The van der Waals surface area contributed by atoms with Crippen LogP contribution in [0.25, 0.3) is 6.08 Å². The molecule has 0 aromatic heterocycles. The van der Waals surface area contributed by atoms with Gasteiger partial charge < -0.3 is 14.5 Å². The van der Waals surface area contributed by atoms with Crippen LogP contribution < -0.4 is 0 Å². The molecule has 150 valence electrons. The highest BCUT2D eigenvalue weighted by Gasteiger charge is 2.36. The van der Waals surface area contributed by atoms with Crippen molar-refractivity contribution in [1.29, 1.82) is 0 Å². The van der Waals surface area contributed by atoms with Crippen molar-refractivity contribution in [3.8, 4) is 0 Å². The number of hydrogen-bond acceptors (Lipinski definition) is 5. The van der Waals surface area contributed by atoms with E-state index < -0.39 is 9.96 Å². The Morgan fingerprint density at radius 2 is 2.04 bits per heavy atom. The molecule has 2 fully saturated rings. The maximum absolute atomic E-state index is 11.2. The number of hydrazone groups is 1. The first-order chi connectivity index (χ1) is 13.2. The summed E-state index contributed by atoms with van der Waals surface area (Å²) < 4.78 is 5.76. The summed E-state index contributed by atoms with van der Waals surface area (Å²) in [7, 11) is 0. The van der Waals surface area contributed by atoms with E-state index in [1.807, 2.05) is 18.7 Å². The van der Waals surface area contributed by atoms with Crippen LogP contribution in [0, 0.1) is 26.1 Å². The van der Waals surface area contributed by atoms with E-state index in [2.05, 4.69) is 5.10 Å². The van der Waals surface area contributed by atoms with Gasteiger partial charge in [-0.1, -0.05) is 12.1 Å². The molecule has 2 aliphatic heterocycles. The van der Waals surface area contributed by atoms with Crippen LogP contribution in [0.4, 0.5) is 5.69 Å². The maximum Gasteiger partial charge on any atom is 0.278 e. The summed E-state index contributed by atoms with van der Waals surface area (Å²) in [6.45, 7) is 6.40. The van der Waals surface area contributed by atoms with Crippen molar-refractivity contribution in [1.82, 2.24) is 9.80 Å². The molecule has 2 heterocycles. The van der Waals surface area contributed by atoms with Crippen molar-refractivity contribution in [2.75, 3.05) is 26.2 Å². The lowest BCUT2D eigenvalue weighted by Gasteiger charge is -2.22. The van der Waals surface area contributed by atoms with Crippen LogP contribution in [0.2, 0.25) is 0 Å². The fourth-order valence-electron chi connectivity index (χ4n) is 3.67. The van der Waals surface area contributed by atoms with Gasteiger partial charge in [0.05, 0.1) is 22.7 Å². The highest BCUT2D eigenvalue weighted by atomic mass is 16.7. The van der Waals surface area contributed by atoms with Gasteiger partial charge in [0.1, 0.15) is 5.10 Å². The standard InChI is InChI=1S/C18H23N5O5/c1-18(2)11-14(13-28-18)12-21-10-9-20(17(21)19-23(26)27)8-7-15-5-3-4-6-16(15)22(24)25/h3-8,14H,9-13H2,1-2H3. The molecule has 0 saturated carbocycles. The Labute approximate surface area is 162 Å². The zero-order chi connectivity index (χ0) is 20.3. The van der Waals surface area contributed by atoms with Gasteiger partial charge in [-0.25, -0.2) is 10.1 Å².